The van der Waals surface area contributed by atoms with Gasteiger partial charge < -0.3 is 9.84 Å². The number of nitrogens with zero attached hydrogens (tertiary/aromatic N) is 3. The molecule has 0 saturated heterocycles. The van der Waals surface area contributed by atoms with Crippen LogP contribution < -0.4 is 4.74 Å². The second-order valence-electron chi connectivity index (χ2n) is 4.27. The Morgan fingerprint density at radius 3 is 3.05 bits per heavy atom. The molecule has 0 fully saturated rings. The summed E-state index contributed by atoms with van der Waals surface area (Å²) in [5, 5.41) is 10.7. The minimum absolute atomic E-state index is 0.352. The molecule has 0 unspecified atom stereocenters. The first-order valence-corrected chi connectivity index (χ1v) is 6.98. The Hall–Kier alpha value is -2.67. The fraction of sp³-hybridized carbons (Fsp3) is 0.0714. The van der Waals surface area contributed by atoms with E-state index in [0.717, 1.165) is 16.7 Å². The third kappa shape index (κ3) is 2.77. The predicted octanol–water partition coefficient (Wildman–Crippen LogP) is 2.99. The molecule has 7 heteroatoms. The standard InChI is InChI=1S/C14H11N3O3S/c1-9-2-3-10(8-15-9)20-13-11(4-5-12(18)19)17-6-7-21-14(17)16-13/h2-8H,1H3,(H,18,19). The van der Waals surface area contributed by atoms with Crippen molar-refractivity contribution in [2.75, 3.05) is 0 Å². The Balaban J connectivity index is 2.00. The van der Waals surface area contributed by atoms with Crippen LogP contribution in [0.15, 0.2) is 36.0 Å². The summed E-state index contributed by atoms with van der Waals surface area (Å²) in [6, 6.07) is 3.63. The van der Waals surface area contributed by atoms with Crippen LogP contribution in [0.2, 0.25) is 0 Å². The minimum atomic E-state index is -1.02. The van der Waals surface area contributed by atoms with Gasteiger partial charge in [0.1, 0.15) is 11.4 Å². The van der Waals surface area contributed by atoms with Gasteiger partial charge in [-0.25, -0.2) is 4.79 Å². The van der Waals surface area contributed by atoms with Crippen LogP contribution in [0.25, 0.3) is 11.0 Å². The highest BCUT2D eigenvalue weighted by molar-refractivity contribution is 7.15. The molecular weight excluding hydrogens is 290 g/mol. The first kappa shape index (κ1) is 13.3. The monoisotopic (exact) mass is 301 g/mol. The summed E-state index contributed by atoms with van der Waals surface area (Å²) >= 11 is 1.44. The number of carbonyl (C=O) groups is 1. The molecular formula is C14H11N3O3S. The van der Waals surface area contributed by atoms with Gasteiger partial charge in [-0.05, 0) is 25.1 Å². The number of fused-ring (bicyclic) bond motifs is 1. The number of hydrogen-bond acceptors (Lipinski definition) is 5. The Morgan fingerprint density at radius 2 is 2.33 bits per heavy atom. The van der Waals surface area contributed by atoms with Crippen LogP contribution in [0, 0.1) is 6.92 Å². The van der Waals surface area contributed by atoms with Crippen molar-refractivity contribution in [3.05, 3.63) is 47.4 Å². The molecule has 106 valence electrons. The molecule has 0 aliphatic carbocycles. The van der Waals surface area contributed by atoms with Crippen LogP contribution >= 0.6 is 11.3 Å². The number of aromatic nitrogens is 3. The molecule has 0 aliphatic rings. The predicted molar refractivity (Wildman–Crippen MR) is 78.8 cm³/mol. The number of carboxylic acid groups (broad SMARTS) is 1. The topological polar surface area (TPSA) is 76.7 Å². The van der Waals surface area contributed by atoms with Crippen LogP contribution in [-0.4, -0.2) is 25.4 Å². The number of carboxylic acids is 1. The molecule has 0 amide bonds. The van der Waals surface area contributed by atoms with Gasteiger partial charge in [0.15, 0.2) is 4.96 Å². The number of hydrogen-bond donors (Lipinski definition) is 1. The maximum atomic E-state index is 10.7. The van der Waals surface area contributed by atoms with Gasteiger partial charge in [-0.3, -0.25) is 9.38 Å². The molecule has 0 saturated carbocycles. The highest BCUT2D eigenvalue weighted by atomic mass is 32.1. The quantitative estimate of drug-likeness (QED) is 0.750. The van der Waals surface area contributed by atoms with Crippen molar-refractivity contribution in [2.24, 2.45) is 0 Å². The fourth-order valence-corrected chi connectivity index (χ4v) is 2.50. The normalized spacial score (nSPS) is 11.3. The number of pyridine rings is 1. The molecule has 1 N–H and O–H groups in total. The Kier molecular flexibility index (Phi) is 3.41. The van der Waals surface area contributed by atoms with Gasteiger partial charge in [0.25, 0.3) is 0 Å². The van der Waals surface area contributed by atoms with Gasteiger partial charge in [0.05, 0.1) is 6.20 Å². The molecule has 0 radical (unpaired) electrons. The van der Waals surface area contributed by atoms with Crippen LogP contribution in [-0.2, 0) is 4.79 Å². The molecule has 3 rings (SSSR count). The van der Waals surface area contributed by atoms with Gasteiger partial charge in [-0.15, -0.1) is 11.3 Å². The van der Waals surface area contributed by atoms with Crippen molar-refractivity contribution in [2.45, 2.75) is 6.92 Å². The summed E-state index contributed by atoms with van der Waals surface area (Å²) in [6.07, 6.45) is 5.94. The van der Waals surface area contributed by atoms with E-state index in [2.05, 4.69) is 9.97 Å². The number of imidazole rings is 1. The minimum Gasteiger partial charge on any atom is -0.478 e. The molecule has 0 aliphatic heterocycles. The molecule has 3 heterocycles. The fourth-order valence-electron chi connectivity index (χ4n) is 1.79. The second kappa shape index (κ2) is 5.37. The summed E-state index contributed by atoms with van der Waals surface area (Å²) in [7, 11) is 0. The van der Waals surface area contributed by atoms with Crippen LogP contribution in [0.4, 0.5) is 0 Å². The SMILES string of the molecule is Cc1ccc(Oc2nc3sccn3c2C=CC(=O)O)cn1. The lowest BCUT2D eigenvalue weighted by molar-refractivity contribution is -0.131. The van der Waals surface area contributed by atoms with E-state index in [1.165, 1.54) is 17.4 Å². The van der Waals surface area contributed by atoms with Crippen LogP contribution in [0.1, 0.15) is 11.4 Å². The van der Waals surface area contributed by atoms with Crippen LogP contribution in [0.3, 0.4) is 0 Å². The third-order valence-corrected chi connectivity index (χ3v) is 3.50. The number of thiazole rings is 1. The number of rotatable bonds is 4. The molecule has 6 nitrogen and oxygen atoms in total. The summed E-state index contributed by atoms with van der Waals surface area (Å²) in [5.41, 5.74) is 1.47. The summed E-state index contributed by atoms with van der Waals surface area (Å²) in [5.74, 6) is -0.121. The van der Waals surface area contributed by atoms with E-state index in [-0.39, 0.29) is 0 Å². The largest absolute Gasteiger partial charge is 0.478 e. The van der Waals surface area contributed by atoms with E-state index in [9.17, 15) is 4.79 Å². The smallest absolute Gasteiger partial charge is 0.328 e. The number of aliphatic carboxylic acids is 1. The van der Waals surface area contributed by atoms with Crippen molar-refractivity contribution in [1.29, 1.82) is 0 Å². The first-order chi connectivity index (χ1) is 10.1. The van der Waals surface area contributed by atoms with E-state index in [4.69, 9.17) is 9.84 Å². The molecule has 0 spiro atoms. The van der Waals surface area contributed by atoms with Crippen molar-refractivity contribution >= 4 is 28.3 Å². The van der Waals surface area contributed by atoms with Gasteiger partial charge in [-0.1, -0.05) is 0 Å². The van der Waals surface area contributed by atoms with Crippen molar-refractivity contribution in [3.8, 4) is 11.6 Å². The number of ether oxygens (including phenoxy) is 1. The maximum Gasteiger partial charge on any atom is 0.328 e. The zero-order chi connectivity index (χ0) is 14.8. The lowest BCUT2D eigenvalue weighted by Crippen LogP contribution is -1.91. The first-order valence-electron chi connectivity index (χ1n) is 6.10. The van der Waals surface area contributed by atoms with Gasteiger partial charge in [0, 0.05) is 23.3 Å². The van der Waals surface area contributed by atoms with Gasteiger partial charge in [0.2, 0.25) is 5.88 Å². The lowest BCUT2D eigenvalue weighted by Gasteiger charge is -2.03. The summed E-state index contributed by atoms with van der Waals surface area (Å²) < 4.78 is 7.49. The van der Waals surface area contributed by atoms with Gasteiger partial charge in [-0.2, -0.15) is 4.98 Å². The molecule has 3 aromatic rings. The highest BCUT2D eigenvalue weighted by Crippen LogP contribution is 2.28. The van der Waals surface area contributed by atoms with Gasteiger partial charge >= 0.3 is 5.97 Å². The van der Waals surface area contributed by atoms with Crippen LogP contribution in [0.5, 0.6) is 11.6 Å². The van der Waals surface area contributed by atoms with E-state index < -0.39 is 5.97 Å². The van der Waals surface area contributed by atoms with E-state index in [1.807, 2.05) is 24.6 Å². The third-order valence-electron chi connectivity index (χ3n) is 2.75. The van der Waals surface area contributed by atoms with Crippen molar-refractivity contribution < 1.29 is 14.6 Å². The Morgan fingerprint density at radius 1 is 1.48 bits per heavy atom. The van der Waals surface area contributed by atoms with Crippen molar-refractivity contribution in [1.82, 2.24) is 14.4 Å². The Labute approximate surface area is 124 Å². The lowest BCUT2D eigenvalue weighted by atomic mass is 10.3. The average Bonchev–Trinajstić information content (AvgIpc) is 3.00. The zero-order valence-electron chi connectivity index (χ0n) is 11.1. The molecule has 0 bridgehead atoms. The molecule has 0 atom stereocenters. The van der Waals surface area contributed by atoms with E-state index >= 15 is 0 Å². The van der Waals surface area contributed by atoms with E-state index in [0.29, 0.717) is 17.3 Å². The van der Waals surface area contributed by atoms with E-state index in [1.54, 1.807) is 16.7 Å². The molecule has 3 aromatic heterocycles. The highest BCUT2D eigenvalue weighted by Gasteiger charge is 2.13. The molecule has 21 heavy (non-hydrogen) atoms. The van der Waals surface area contributed by atoms with Crippen molar-refractivity contribution in [3.63, 3.8) is 0 Å². The molecule has 0 aromatic carbocycles. The Bertz CT molecular complexity index is 818. The average molecular weight is 301 g/mol. The zero-order valence-corrected chi connectivity index (χ0v) is 11.9. The number of aryl methyl sites for hydroxylation is 1. The summed E-state index contributed by atoms with van der Waals surface area (Å²) in [4.78, 5) is 20.0. The maximum absolute atomic E-state index is 10.7. The second-order valence-corrected chi connectivity index (χ2v) is 5.14. The summed E-state index contributed by atoms with van der Waals surface area (Å²) in [6.45, 7) is 1.89.